The first-order chi connectivity index (χ1) is 11.8. The summed E-state index contributed by atoms with van der Waals surface area (Å²) >= 11 is 0. The number of aromatic nitrogens is 1. The highest BCUT2D eigenvalue weighted by Crippen LogP contribution is 2.29. The van der Waals surface area contributed by atoms with Crippen molar-refractivity contribution in [2.75, 3.05) is 18.4 Å². The van der Waals surface area contributed by atoms with Gasteiger partial charge in [-0.2, -0.15) is 0 Å². The standard InChI is InChI=1S/C19H23N3O2/c1-2-12-22-13-6-9-17(22)19(23)21-16-8-3-4-10-18(16)24-15-7-5-11-20-14-15/h3-5,7-8,10-11,14,17H,2,6,9,12-13H2,1H3,(H,21,23). The van der Waals surface area contributed by atoms with Crippen molar-refractivity contribution in [3.63, 3.8) is 0 Å². The number of benzene rings is 1. The predicted octanol–water partition coefficient (Wildman–Crippen LogP) is 3.69. The molecule has 1 aliphatic rings. The minimum Gasteiger partial charge on any atom is -0.454 e. The Hall–Kier alpha value is -2.40. The van der Waals surface area contributed by atoms with Crippen molar-refractivity contribution in [1.82, 2.24) is 9.88 Å². The number of amides is 1. The van der Waals surface area contributed by atoms with Gasteiger partial charge in [-0.25, -0.2) is 0 Å². The van der Waals surface area contributed by atoms with Crippen LogP contribution in [0.2, 0.25) is 0 Å². The Labute approximate surface area is 142 Å². The molecule has 1 aromatic carbocycles. The van der Waals surface area contributed by atoms with E-state index in [1.807, 2.05) is 36.4 Å². The number of carbonyl (C=O) groups is 1. The van der Waals surface area contributed by atoms with Crippen LogP contribution in [-0.2, 0) is 4.79 Å². The lowest BCUT2D eigenvalue weighted by Crippen LogP contribution is -2.40. The van der Waals surface area contributed by atoms with Gasteiger partial charge in [-0.3, -0.25) is 14.7 Å². The summed E-state index contributed by atoms with van der Waals surface area (Å²) in [6, 6.07) is 11.1. The number of nitrogens with one attached hydrogen (secondary N) is 1. The molecule has 2 heterocycles. The average molecular weight is 325 g/mol. The van der Waals surface area contributed by atoms with E-state index < -0.39 is 0 Å². The third kappa shape index (κ3) is 3.92. The zero-order valence-corrected chi connectivity index (χ0v) is 13.9. The van der Waals surface area contributed by atoms with Gasteiger partial charge in [0.1, 0.15) is 5.75 Å². The molecule has 0 bridgehead atoms. The Bertz CT molecular complexity index is 675. The maximum atomic E-state index is 12.7. The lowest BCUT2D eigenvalue weighted by molar-refractivity contribution is -0.120. The summed E-state index contributed by atoms with van der Waals surface area (Å²) in [5, 5.41) is 3.04. The van der Waals surface area contributed by atoms with Crippen LogP contribution in [0.4, 0.5) is 5.69 Å². The summed E-state index contributed by atoms with van der Waals surface area (Å²) in [6.07, 6.45) is 6.40. The Morgan fingerprint density at radius 2 is 2.21 bits per heavy atom. The highest BCUT2D eigenvalue weighted by molar-refractivity contribution is 5.96. The van der Waals surface area contributed by atoms with Gasteiger partial charge >= 0.3 is 0 Å². The van der Waals surface area contributed by atoms with E-state index in [0.717, 1.165) is 32.4 Å². The predicted molar refractivity (Wildman–Crippen MR) is 94.3 cm³/mol. The number of para-hydroxylation sites is 2. The molecule has 1 aliphatic heterocycles. The molecular formula is C19H23N3O2. The lowest BCUT2D eigenvalue weighted by atomic mass is 10.2. The second-order valence-corrected chi connectivity index (χ2v) is 5.97. The van der Waals surface area contributed by atoms with Gasteiger partial charge in [-0.1, -0.05) is 19.1 Å². The van der Waals surface area contributed by atoms with Crippen molar-refractivity contribution in [3.8, 4) is 11.5 Å². The number of ether oxygens (including phenoxy) is 1. The molecule has 1 aromatic heterocycles. The maximum absolute atomic E-state index is 12.7. The van der Waals surface area contributed by atoms with E-state index in [2.05, 4.69) is 22.1 Å². The molecule has 1 fully saturated rings. The van der Waals surface area contributed by atoms with E-state index in [1.165, 1.54) is 0 Å². The van der Waals surface area contributed by atoms with E-state index in [9.17, 15) is 4.79 Å². The first-order valence-electron chi connectivity index (χ1n) is 8.49. The topological polar surface area (TPSA) is 54.5 Å². The molecule has 2 aromatic rings. The van der Waals surface area contributed by atoms with Crippen LogP contribution in [0.1, 0.15) is 26.2 Å². The molecule has 24 heavy (non-hydrogen) atoms. The first-order valence-corrected chi connectivity index (χ1v) is 8.49. The van der Waals surface area contributed by atoms with Gasteiger partial charge in [-0.15, -0.1) is 0 Å². The van der Waals surface area contributed by atoms with Crippen molar-refractivity contribution < 1.29 is 9.53 Å². The third-order valence-electron chi connectivity index (χ3n) is 4.18. The zero-order chi connectivity index (χ0) is 16.8. The van der Waals surface area contributed by atoms with E-state index in [-0.39, 0.29) is 11.9 Å². The molecular weight excluding hydrogens is 302 g/mol. The highest BCUT2D eigenvalue weighted by atomic mass is 16.5. The largest absolute Gasteiger partial charge is 0.454 e. The quantitative estimate of drug-likeness (QED) is 0.880. The third-order valence-corrected chi connectivity index (χ3v) is 4.18. The normalized spacial score (nSPS) is 17.6. The van der Waals surface area contributed by atoms with Gasteiger partial charge in [-0.05, 0) is 56.6 Å². The summed E-state index contributed by atoms with van der Waals surface area (Å²) in [5.74, 6) is 1.31. The molecule has 5 heteroatoms. The zero-order valence-electron chi connectivity index (χ0n) is 13.9. The summed E-state index contributed by atoms with van der Waals surface area (Å²) in [6.45, 7) is 4.11. The average Bonchev–Trinajstić information content (AvgIpc) is 3.06. The monoisotopic (exact) mass is 325 g/mol. The van der Waals surface area contributed by atoms with Crippen LogP contribution in [0.5, 0.6) is 11.5 Å². The van der Waals surface area contributed by atoms with Crippen LogP contribution < -0.4 is 10.1 Å². The number of hydrogen-bond acceptors (Lipinski definition) is 4. The number of pyridine rings is 1. The van der Waals surface area contributed by atoms with Gasteiger partial charge in [0.25, 0.3) is 0 Å². The van der Waals surface area contributed by atoms with Crippen molar-refractivity contribution in [2.24, 2.45) is 0 Å². The van der Waals surface area contributed by atoms with Crippen molar-refractivity contribution in [1.29, 1.82) is 0 Å². The second kappa shape index (κ2) is 7.93. The summed E-state index contributed by atoms with van der Waals surface area (Å²) < 4.78 is 5.86. The van der Waals surface area contributed by atoms with Gasteiger partial charge in [0.15, 0.2) is 5.75 Å². The molecule has 1 saturated heterocycles. The van der Waals surface area contributed by atoms with Crippen LogP contribution in [0, 0.1) is 0 Å². The fourth-order valence-electron chi connectivity index (χ4n) is 3.09. The number of hydrogen-bond donors (Lipinski definition) is 1. The number of nitrogens with zero attached hydrogens (tertiary/aromatic N) is 2. The van der Waals surface area contributed by atoms with Crippen molar-refractivity contribution >= 4 is 11.6 Å². The first kappa shape index (κ1) is 16.5. The van der Waals surface area contributed by atoms with Gasteiger partial charge in [0, 0.05) is 6.20 Å². The lowest BCUT2D eigenvalue weighted by Gasteiger charge is -2.23. The van der Waals surface area contributed by atoms with Crippen molar-refractivity contribution in [2.45, 2.75) is 32.2 Å². The summed E-state index contributed by atoms with van der Waals surface area (Å²) in [7, 11) is 0. The number of rotatable bonds is 6. The molecule has 1 N–H and O–H groups in total. The van der Waals surface area contributed by atoms with Gasteiger partial charge in [0.2, 0.25) is 5.91 Å². The van der Waals surface area contributed by atoms with Crippen LogP contribution in [-0.4, -0.2) is 34.9 Å². The summed E-state index contributed by atoms with van der Waals surface area (Å²) in [4.78, 5) is 19.0. The van der Waals surface area contributed by atoms with E-state index in [1.54, 1.807) is 12.4 Å². The Morgan fingerprint density at radius 1 is 1.33 bits per heavy atom. The van der Waals surface area contributed by atoms with Crippen LogP contribution in [0.3, 0.4) is 0 Å². The minimum absolute atomic E-state index is 0.0446. The molecule has 0 radical (unpaired) electrons. The Morgan fingerprint density at radius 3 is 3.00 bits per heavy atom. The van der Waals surface area contributed by atoms with Crippen LogP contribution >= 0.6 is 0 Å². The van der Waals surface area contributed by atoms with Gasteiger partial charge < -0.3 is 10.1 Å². The van der Waals surface area contributed by atoms with Crippen LogP contribution in [0.25, 0.3) is 0 Å². The Balaban J connectivity index is 1.72. The number of likely N-dealkylation sites (tertiary alicyclic amines) is 1. The van der Waals surface area contributed by atoms with E-state index in [0.29, 0.717) is 17.2 Å². The molecule has 126 valence electrons. The summed E-state index contributed by atoms with van der Waals surface area (Å²) in [5.41, 5.74) is 0.690. The van der Waals surface area contributed by atoms with E-state index >= 15 is 0 Å². The smallest absolute Gasteiger partial charge is 0.241 e. The highest BCUT2D eigenvalue weighted by Gasteiger charge is 2.30. The molecule has 5 nitrogen and oxygen atoms in total. The molecule has 0 spiro atoms. The number of carbonyl (C=O) groups excluding carboxylic acids is 1. The Kier molecular flexibility index (Phi) is 5.43. The molecule has 1 amide bonds. The van der Waals surface area contributed by atoms with E-state index in [4.69, 9.17) is 4.74 Å². The van der Waals surface area contributed by atoms with Crippen molar-refractivity contribution in [3.05, 3.63) is 48.8 Å². The maximum Gasteiger partial charge on any atom is 0.241 e. The van der Waals surface area contributed by atoms with Gasteiger partial charge in [0.05, 0.1) is 17.9 Å². The molecule has 0 aliphatic carbocycles. The minimum atomic E-state index is -0.0450. The SMILES string of the molecule is CCCN1CCCC1C(=O)Nc1ccccc1Oc1cccnc1. The number of anilines is 1. The van der Waals surface area contributed by atoms with Crippen LogP contribution in [0.15, 0.2) is 48.8 Å². The molecule has 3 rings (SSSR count). The fraction of sp³-hybridized carbons (Fsp3) is 0.368. The fourth-order valence-corrected chi connectivity index (χ4v) is 3.09. The molecule has 0 saturated carbocycles. The second-order valence-electron chi connectivity index (χ2n) is 5.97. The molecule has 1 atom stereocenters. The molecule has 1 unspecified atom stereocenters.